The molecular formula is C16H15N3O3. The normalized spacial score (nSPS) is 20.8. The second-order valence-corrected chi connectivity index (χ2v) is 5.20. The number of amides is 1. The van der Waals surface area contributed by atoms with Crippen LogP contribution in [-0.2, 0) is 5.72 Å². The lowest BCUT2D eigenvalue weighted by Crippen LogP contribution is -2.43. The van der Waals surface area contributed by atoms with E-state index in [0.29, 0.717) is 11.3 Å². The number of aliphatic hydroxyl groups is 1. The van der Waals surface area contributed by atoms with Gasteiger partial charge in [0.25, 0.3) is 5.91 Å². The Morgan fingerprint density at radius 3 is 2.73 bits per heavy atom. The van der Waals surface area contributed by atoms with E-state index in [1.807, 2.05) is 0 Å². The summed E-state index contributed by atoms with van der Waals surface area (Å²) in [4.78, 5) is 16.7. The maximum atomic E-state index is 12.7. The number of hydrazone groups is 1. The molecule has 2 N–H and O–H groups in total. The third kappa shape index (κ3) is 2.23. The van der Waals surface area contributed by atoms with Gasteiger partial charge in [0.2, 0.25) is 0 Å². The number of pyridine rings is 1. The Balaban J connectivity index is 2.04. The highest BCUT2D eigenvalue weighted by molar-refractivity contribution is 5.99. The van der Waals surface area contributed by atoms with E-state index < -0.39 is 11.6 Å². The minimum Gasteiger partial charge on any atom is -0.507 e. The zero-order chi connectivity index (χ0) is 15.7. The van der Waals surface area contributed by atoms with Gasteiger partial charge in [-0.25, -0.2) is 0 Å². The first-order chi connectivity index (χ1) is 10.5. The molecule has 6 heteroatoms. The molecule has 2 heterocycles. The zero-order valence-corrected chi connectivity index (χ0v) is 12.0. The molecule has 2 aromatic rings. The second-order valence-electron chi connectivity index (χ2n) is 5.20. The molecule has 0 saturated carbocycles. The molecule has 112 valence electrons. The van der Waals surface area contributed by atoms with Crippen molar-refractivity contribution in [3.8, 4) is 5.75 Å². The van der Waals surface area contributed by atoms with Crippen LogP contribution in [0.25, 0.3) is 0 Å². The lowest BCUT2D eigenvalue weighted by molar-refractivity contribution is -0.0768. The minimum atomic E-state index is -1.60. The van der Waals surface area contributed by atoms with Gasteiger partial charge in [0.05, 0.1) is 5.56 Å². The van der Waals surface area contributed by atoms with E-state index in [4.69, 9.17) is 0 Å². The number of benzene rings is 1. The van der Waals surface area contributed by atoms with Crippen molar-refractivity contribution >= 4 is 11.6 Å². The van der Waals surface area contributed by atoms with Crippen LogP contribution in [0.15, 0.2) is 53.9 Å². The Labute approximate surface area is 127 Å². The van der Waals surface area contributed by atoms with Crippen LogP contribution in [0.2, 0.25) is 0 Å². The van der Waals surface area contributed by atoms with Gasteiger partial charge in [-0.15, -0.1) is 0 Å². The summed E-state index contributed by atoms with van der Waals surface area (Å²) in [5.41, 5.74) is -0.421. The van der Waals surface area contributed by atoms with E-state index >= 15 is 0 Å². The third-order valence-electron chi connectivity index (χ3n) is 3.57. The van der Waals surface area contributed by atoms with Crippen LogP contribution in [-0.4, -0.2) is 31.8 Å². The molecule has 6 nitrogen and oxygen atoms in total. The number of hydrogen-bond acceptors (Lipinski definition) is 5. The van der Waals surface area contributed by atoms with E-state index in [-0.39, 0.29) is 17.7 Å². The summed E-state index contributed by atoms with van der Waals surface area (Å²) in [7, 11) is 0. The Morgan fingerprint density at radius 1 is 1.27 bits per heavy atom. The fourth-order valence-electron chi connectivity index (χ4n) is 2.53. The minimum absolute atomic E-state index is 0.0864. The molecule has 0 fully saturated rings. The summed E-state index contributed by atoms with van der Waals surface area (Å²) in [5.74, 6) is -0.720. The van der Waals surface area contributed by atoms with Gasteiger partial charge in [-0.2, -0.15) is 10.1 Å². The Kier molecular flexibility index (Phi) is 3.38. The molecule has 1 atom stereocenters. The first-order valence-electron chi connectivity index (χ1n) is 6.82. The van der Waals surface area contributed by atoms with Crippen molar-refractivity contribution < 1.29 is 15.0 Å². The summed E-state index contributed by atoms with van der Waals surface area (Å²) in [6.45, 7) is 1.74. The maximum absolute atomic E-state index is 12.7. The number of phenols is 1. The summed E-state index contributed by atoms with van der Waals surface area (Å²) in [5, 5.41) is 26.0. The molecule has 0 aliphatic carbocycles. The van der Waals surface area contributed by atoms with E-state index in [2.05, 4.69) is 10.1 Å². The second kappa shape index (κ2) is 5.23. The molecular weight excluding hydrogens is 282 g/mol. The number of carbonyl (C=O) groups is 1. The first kappa shape index (κ1) is 14.2. The number of carbonyl (C=O) groups excluding carboxylic acids is 1. The average molecular weight is 297 g/mol. The smallest absolute Gasteiger partial charge is 0.280 e. The summed E-state index contributed by atoms with van der Waals surface area (Å²) < 4.78 is 0. The molecule has 0 unspecified atom stereocenters. The molecule has 0 bridgehead atoms. The van der Waals surface area contributed by atoms with Crippen molar-refractivity contribution in [1.82, 2.24) is 9.99 Å². The average Bonchev–Trinajstić information content (AvgIpc) is 2.84. The quantitative estimate of drug-likeness (QED) is 0.885. The van der Waals surface area contributed by atoms with Gasteiger partial charge in [0, 0.05) is 30.1 Å². The fraction of sp³-hybridized carbons (Fsp3) is 0.188. The van der Waals surface area contributed by atoms with Crippen molar-refractivity contribution in [2.45, 2.75) is 19.1 Å². The summed E-state index contributed by atoms with van der Waals surface area (Å²) >= 11 is 0. The molecule has 3 rings (SSSR count). The number of nitrogens with zero attached hydrogens (tertiary/aromatic N) is 3. The Morgan fingerprint density at radius 2 is 2.05 bits per heavy atom. The number of rotatable bonds is 2. The number of aromatic hydroxyl groups is 1. The van der Waals surface area contributed by atoms with Gasteiger partial charge >= 0.3 is 0 Å². The Bertz CT molecular complexity index is 745. The topological polar surface area (TPSA) is 86.0 Å². The van der Waals surface area contributed by atoms with Crippen molar-refractivity contribution in [1.29, 1.82) is 0 Å². The lowest BCUT2D eigenvalue weighted by Gasteiger charge is -2.31. The zero-order valence-electron chi connectivity index (χ0n) is 12.0. The predicted molar refractivity (Wildman–Crippen MR) is 80.1 cm³/mol. The van der Waals surface area contributed by atoms with Crippen LogP contribution in [0.3, 0.4) is 0 Å². The van der Waals surface area contributed by atoms with Crippen LogP contribution in [0.4, 0.5) is 0 Å². The number of phenolic OH excluding ortho intramolecular Hbond substituents is 1. The molecule has 1 aliphatic rings. The molecule has 0 spiro atoms. The van der Waals surface area contributed by atoms with Crippen molar-refractivity contribution in [2.24, 2.45) is 5.10 Å². The number of aromatic nitrogens is 1. The summed E-state index contributed by atoms with van der Waals surface area (Å²) in [6, 6.07) is 9.55. The Hall–Kier alpha value is -2.73. The van der Waals surface area contributed by atoms with Gasteiger partial charge in [-0.1, -0.05) is 18.2 Å². The SMILES string of the molecule is CC1=NN(C(=O)c2ccccc2O)[C@@](O)(c2cccnc2)C1. The van der Waals surface area contributed by atoms with Gasteiger partial charge in [-0.3, -0.25) is 9.78 Å². The van der Waals surface area contributed by atoms with Gasteiger partial charge in [-0.05, 0) is 25.1 Å². The van der Waals surface area contributed by atoms with Crippen LogP contribution in [0, 0.1) is 0 Å². The van der Waals surface area contributed by atoms with E-state index in [1.165, 1.54) is 18.3 Å². The molecule has 22 heavy (non-hydrogen) atoms. The highest BCUT2D eigenvalue weighted by Crippen LogP contribution is 2.36. The van der Waals surface area contributed by atoms with Crippen molar-refractivity contribution in [3.63, 3.8) is 0 Å². The number of para-hydroxylation sites is 1. The highest BCUT2D eigenvalue weighted by Gasteiger charge is 2.45. The lowest BCUT2D eigenvalue weighted by atomic mass is 9.99. The first-order valence-corrected chi connectivity index (χ1v) is 6.82. The maximum Gasteiger partial charge on any atom is 0.280 e. The van der Waals surface area contributed by atoms with Crippen LogP contribution >= 0.6 is 0 Å². The third-order valence-corrected chi connectivity index (χ3v) is 3.57. The van der Waals surface area contributed by atoms with E-state index in [0.717, 1.165) is 5.01 Å². The standard InChI is InChI=1S/C16H15N3O3/c1-11-9-16(22,12-5-4-8-17-10-12)19(18-11)15(21)13-6-2-3-7-14(13)20/h2-8,10,20,22H,9H2,1H3/t16-/m0/s1. The van der Waals surface area contributed by atoms with Crippen LogP contribution < -0.4 is 0 Å². The molecule has 1 aromatic carbocycles. The van der Waals surface area contributed by atoms with Gasteiger partial charge in [0.1, 0.15) is 5.75 Å². The monoisotopic (exact) mass is 297 g/mol. The number of hydrogen-bond donors (Lipinski definition) is 2. The fourth-order valence-corrected chi connectivity index (χ4v) is 2.53. The van der Waals surface area contributed by atoms with Gasteiger partial charge < -0.3 is 10.2 Å². The van der Waals surface area contributed by atoms with Crippen LogP contribution in [0.1, 0.15) is 29.3 Å². The molecule has 1 aliphatic heterocycles. The molecule has 1 amide bonds. The van der Waals surface area contributed by atoms with Crippen molar-refractivity contribution in [3.05, 3.63) is 59.9 Å². The highest BCUT2D eigenvalue weighted by atomic mass is 16.3. The van der Waals surface area contributed by atoms with Crippen molar-refractivity contribution in [2.75, 3.05) is 0 Å². The van der Waals surface area contributed by atoms with Crippen LogP contribution in [0.5, 0.6) is 5.75 Å². The predicted octanol–water partition coefficient (Wildman–Crippen LogP) is 1.85. The largest absolute Gasteiger partial charge is 0.507 e. The van der Waals surface area contributed by atoms with E-state index in [9.17, 15) is 15.0 Å². The molecule has 1 aromatic heterocycles. The molecule has 0 radical (unpaired) electrons. The summed E-state index contributed by atoms with van der Waals surface area (Å²) in [6.07, 6.45) is 3.28. The van der Waals surface area contributed by atoms with Gasteiger partial charge in [0.15, 0.2) is 5.72 Å². The molecule has 0 saturated heterocycles. The van der Waals surface area contributed by atoms with E-state index in [1.54, 1.807) is 37.4 Å².